The lowest BCUT2D eigenvalue weighted by Gasteiger charge is -2.40. The molecule has 112 valence electrons. The summed E-state index contributed by atoms with van der Waals surface area (Å²) >= 11 is 0. The standard InChI is InChI=1S/C17H34N2/c1-4-15(3)19-12-14(2)10-17(13-19)18-11-16-8-6-5-7-9-16/h14-18H,4-13H2,1-3H3. The SMILES string of the molecule is CCC(C)N1CC(C)CC(NCC2CCCCC2)C1. The Morgan fingerprint density at radius 1 is 1.16 bits per heavy atom. The summed E-state index contributed by atoms with van der Waals surface area (Å²) in [6.45, 7) is 11.0. The molecule has 0 aromatic rings. The van der Waals surface area contributed by atoms with Gasteiger partial charge in [0.15, 0.2) is 0 Å². The Balaban J connectivity index is 1.75. The smallest absolute Gasteiger partial charge is 0.0198 e. The highest BCUT2D eigenvalue weighted by Crippen LogP contribution is 2.24. The first-order valence-corrected chi connectivity index (χ1v) is 8.66. The molecule has 3 atom stereocenters. The van der Waals surface area contributed by atoms with Crippen LogP contribution in [-0.2, 0) is 0 Å². The van der Waals surface area contributed by atoms with Crippen LogP contribution in [0.25, 0.3) is 0 Å². The van der Waals surface area contributed by atoms with Crippen LogP contribution in [0.1, 0.15) is 65.7 Å². The largest absolute Gasteiger partial charge is 0.312 e. The van der Waals surface area contributed by atoms with Crippen LogP contribution in [0, 0.1) is 11.8 Å². The minimum atomic E-state index is 0.736. The van der Waals surface area contributed by atoms with E-state index in [1.165, 1.54) is 64.6 Å². The Bertz CT molecular complexity index is 248. The maximum atomic E-state index is 3.89. The maximum Gasteiger partial charge on any atom is 0.0198 e. The second-order valence-corrected chi connectivity index (χ2v) is 7.16. The van der Waals surface area contributed by atoms with Crippen LogP contribution in [0.5, 0.6) is 0 Å². The first-order chi connectivity index (χ1) is 9.19. The Kier molecular flexibility index (Phi) is 6.15. The van der Waals surface area contributed by atoms with E-state index in [0.717, 1.165) is 23.9 Å². The zero-order chi connectivity index (χ0) is 13.7. The Morgan fingerprint density at radius 2 is 1.89 bits per heavy atom. The summed E-state index contributed by atoms with van der Waals surface area (Å²) in [5.74, 6) is 1.81. The molecule has 2 fully saturated rings. The van der Waals surface area contributed by atoms with Gasteiger partial charge in [0, 0.05) is 25.2 Å². The van der Waals surface area contributed by atoms with Gasteiger partial charge in [0.25, 0.3) is 0 Å². The van der Waals surface area contributed by atoms with Crippen molar-refractivity contribution in [2.24, 2.45) is 11.8 Å². The molecule has 0 aromatic heterocycles. The van der Waals surface area contributed by atoms with E-state index in [2.05, 4.69) is 31.0 Å². The maximum absolute atomic E-state index is 3.89. The zero-order valence-electron chi connectivity index (χ0n) is 13.3. The third-order valence-electron chi connectivity index (χ3n) is 5.32. The molecule has 0 spiro atoms. The minimum absolute atomic E-state index is 0.736. The summed E-state index contributed by atoms with van der Waals surface area (Å²) in [6, 6.07) is 1.49. The predicted octanol–water partition coefficient (Wildman–Crippen LogP) is 3.67. The molecule has 0 amide bonds. The predicted molar refractivity (Wildman–Crippen MR) is 83.5 cm³/mol. The van der Waals surface area contributed by atoms with Gasteiger partial charge < -0.3 is 5.32 Å². The Labute approximate surface area is 120 Å². The zero-order valence-corrected chi connectivity index (χ0v) is 13.3. The molecular weight excluding hydrogens is 232 g/mol. The number of hydrogen-bond donors (Lipinski definition) is 1. The van der Waals surface area contributed by atoms with Crippen molar-refractivity contribution in [2.45, 2.75) is 77.8 Å². The van der Waals surface area contributed by atoms with Crippen LogP contribution in [-0.4, -0.2) is 36.6 Å². The van der Waals surface area contributed by atoms with Gasteiger partial charge in [-0.25, -0.2) is 0 Å². The highest BCUT2D eigenvalue weighted by molar-refractivity contribution is 4.85. The van der Waals surface area contributed by atoms with Gasteiger partial charge in [-0.2, -0.15) is 0 Å². The molecule has 19 heavy (non-hydrogen) atoms. The normalized spacial score (nSPS) is 32.4. The molecule has 2 heteroatoms. The molecule has 1 saturated heterocycles. The second-order valence-electron chi connectivity index (χ2n) is 7.16. The number of nitrogens with zero attached hydrogens (tertiary/aromatic N) is 1. The van der Waals surface area contributed by atoms with E-state index in [4.69, 9.17) is 0 Å². The van der Waals surface area contributed by atoms with Crippen LogP contribution in [0.15, 0.2) is 0 Å². The van der Waals surface area contributed by atoms with E-state index in [1.54, 1.807) is 0 Å². The Morgan fingerprint density at radius 3 is 2.58 bits per heavy atom. The molecule has 1 saturated carbocycles. The lowest BCUT2D eigenvalue weighted by molar-refractivity contribution is 0.106. The minimum Gasteiger partial charge on any atom is -0.312 e. The van der Waals surface area contributed by atoms with Gasteiger partial charge in [0.1, 0.15) is 0 Å². The molecule has 1 heterocycles. The molecular formula is C17H34N2. The molecule has 3 unspecified atom stereocenters. The van der Waals surface area contributed by atoms with Crippen molar-refractivity contribution in [3.63, 3.8) is 0 Å². The monoisotopic (exact) mass is 266 g/mol. The van der Waals surface area contributed by atoms with E-state index >= 15 is 0 Å². The number of hydrogen-bond acceptors (Lipinski definition) is 2. The van der Waals surface area contributed by atoms with Gasteiger partial charge in [-0.1, -0.05) is 33.1 Å². The second kappa shape index (κ2) is 7.64. The molecule has 1 aliphatic carbocycles. The molecule has 0 aromatic carbocycles. The van der Waals surface area contributed by atoms with Crippen LogP contribution in [0.3, 0.4) is 0 Å². The molecule has 2 aliphatic rings. The van der Waals surface area contributed by atoms with Crippen molar-refractivity contribution >= 4 is 0 Å². The number of rotatable bonds is 5. The van der Waals surface area contributed by atoms with E-state index in [-0.39, 0.29) is 0 Å². The van der Waals surface area contributed by atoms with Crippen molar-refractivity contribution in [1.82, 2.24) is 10.2 Å². The molecule has 0 bridgehead atoms. The van der Waals surface area contributed by atoms with Gasteiger partial charge in [-0.05, 0) is 51.0 Å². The van der Waals surface area contributed by atoms with Gasteiger partial charge in [0.05, 0.1) is 0 Å². The molecule has 1 N–H and O–H groups in total. The average molecular weight is 266 g/mol. The average Bonchev–Trinajstić information content (AvgIpc) is 2.45. The van der Waals surface area contributed by atoms with Crippen molar-refractivity contribution in [1.29, 1.82) is 0 Å². The lowest BCUT2D eigenvalue weighted by Crippen LogP contribution is -2.52. The van der Waals surface area contributed by atoms with Crippen LogP contribution < -0.4 is 5.32 Å². The van der Waals surface area contributed by atoms with Crippen molar-refractivity contribution < 1.29 is 0 Å². The van der Waals surface area contributed by atoms with Crippen molar-refractivity contribution in [3.05, 3.63) is 0 Å². The summed E-state index contributed by atoms with van der Waals surface area (Å²) in [5.41, 5.74) is 0. The summed E-state index contributed by atoms with van der Waals surface area (Å²) in [4.78, 5) is 2.70. The third kappa shape index (κ3) is 4.75. The van der Waals surface area contributed by atoms with Gasteiger partial charge >= 0.3 is 0 Å². The summed E-state index contributed by atoms with van der Waals surface area (Å²) in [5, 5.41) is 3.89. The van der Waals surface area contributed by atoms with Crippen LogP contribution in [0.2, 0.25) is 0 Å². The fraction of sp³-hybridized carbons (Fsp3) is 1.00. The fourth-order valence-corrected chi connectivity index (χ4v) is 3.88. The van der Waals surface area contributed by atoms with Gasteiger partial charge in [-0.3, -0.25) is 4.90 Å². The lowest BCUT2D eigenvalue weighted by atomic mass is 9.88. The molecule has 2 nitrogen and oxygen atoms in total. The summed E-state index contributed by atoms with van der Waals surface area (Å²) < 4.78 is 0. The number of nitrogens with one attached hydrogen (secondary N) is 1. The third-order valence-corrected chi connectivity index (χ3v) is 5.32. The van der Waals surface area contributed by atoms with E-state index in [0.29, 0.717) is 0 Å². The Hall–Kier alpha value is -0.0800. The highest BCUT2D eigenvalue weighted by atomic mass is 15.2. The van der Waals surface area contributed by atoms with Crippen LogP contribution >= 0.6 is 0 Å². The molecule has 1 aliphatic heterocycles. The number of likely N-dealkylation sites (tertiary alicyclic amines) is 1. The molecule has 2 rings (SSSR count). The quantitative estimate of drug-likeness (QED) is 0.817. The summed E-state index contributed by atoms with van der Waals surface area (Å²) in [6.07, 6.45) is 9.98. The van der Waals surface area contributed by atoms with E-state index in [1.807, 2.05) is 0 Å². The first-order valence-electron chi connectivity index (χ1n) is 8.66. The fourth-order valence-electron chi connectivity index (χ4n) is 3.88. The van der Waals surface area contributed by atoms with E-state index in [9.17, 15) is 0 Å². The van der Waals surface area contributed by atoms with Gasteiger partial charge in [-0.15, -0.1) is 0 Å². The van der Waals surface area contributed by atoms with Crippen molar-refractivity contribution in [2.75, 3.05) is 19.6 Å². The molecule has 0 radical (unpaired) electrons. The number of piperidine rings is 1. The summed E-state index contributed by atoms with van der Waals surface area (Å²) in [7, 11) is 0. The van der Waals surface area contributed by atoms with Crippen molar-refractivity contribution in [3.8, 4) is 0 Å². The van der Waals surface area contributed by atoms with E-state index < -0.39 is 0 Å². The topological polar surface area (TPSA) is 15.3 Å². The van der Waals surface area contributed by atoms with Crippen LogP contribution in [0.4, 0.5) is 0 Å². The van der Waals surface area contributed by atoms with Gasteiger partial charge in [0.2, 0.25) is 0 Å². The highest BCUT2D eigenvalue weighted by Gasteiger charge is 2.27. The first kappa shape index (κ1) is 15.3.